The lowest BCUT2D eigenvalue weighted by Crippen LogP contribution is -2.46. The van der Waals surface area contributed by atoms with Crippen molar-refractivity contribution in [2.24, 2.45) is 5.92 Å². The zero-order valence-corrected chi connectivity index (χ0v) is 21.0. The molecule has 1 spiro atoms. The average molecular weight is 505 g/mol. The molecule has 2 amide bonds. The minimum absolute atomic E-state index is 0.0341. The van der Waals surface area contributed by atoms with Crippen LogP contribution >= 0.6 is 11.3 Å². The maximum Gasteiger partial charge on any atom is 0.276 e. The molecule has 10 heteroatoms. The summed E-state index contributed by atoms with van der Waals surface area (Å²) < 4.78 is 1.69. The summed E-state index contributed by atoms with van der Waals surface area (Å²) in [6.45, 7) is 3.64. The lowest BCUT2D eigenvalue weighted by atomic mass is 9.86. The summed E-state index contributed by atoms with van der Waals surface area (Å²) in [7, 11) is 0. The van der Waals surface area contributed by atoms with Gasteiger partial charge in [-0.2, -0.15) is 0 Å². The van der Waals surface area contributed by atoms with E-state index in [1.165, 1.54) is 16.8 Å². The summed E-state index contributed by atoms with van der Waals surface area (Å²) in [5.41, 5.74) is 2.02. The highest BCUT2D eigenvalue weighted by Gasteiger charge is 2.46. The molecule has 1 saturated carbocycles. The van der Waals surface area contributed by atoms with Gasteiger partial charge in [0.25, 0.3) is 11.5 Å². The summed E-state index contributed by atoms with van der Waals surface area (Å²) >= 11 is 1.63. The van der Waals surface area contributed by atoms with Gasteiger partial charge in [0.15, 0.2) is 0 Å². The highest BCUT2D eigenvalue weighted by Crippen LogP contribution is 2.42. The van der Waals surface area contributed by atoms with Crippen LogP contribution in [0, 0.1) is 12.8 Å². The maximum atomic E-state index is 13.7. The molecule has 186 valence electrons. The molecule has 2 N–H and O–H groups in total. The number of pyridine rings is 1. The predicted octanol–water partition coefficient (Wildman–Crippen LogP) is 3.21. The van der Waals surface area contributed by atoms with E-state index < -0.39 is 5.66 Å². The normalized spacial score (nSPS) is 21.9. The Labute approximate surface area is 211 Å². The number of aryl methyl sites for hydroxylation is 2. The monoisotopic (exact) mass is 504 g/mol. The molecule has 2 fully saturated rings. The summed E-state index contributed by atoms with van der Waals surface area (Å²) in [6.07, 6.45) is 8.48. The van der Waals surface area contributed by atoms with Gasteiger partial charge in [0, 0.05) is 23.9 Å². The molecule has 5 heterocycles. The van der Waals surface area contributed by atoms with E-state index in [-0.39, 0.29) is 23.3 Å². The third kappa shape index (κ3) is 3.09. The average Bonchev–Trinajstić information content (AvgIpc) is 3.51. The van der Waals surface area contributed by atoms with Gasteiger partial charge in [-0.1, -0.05) is 0 Å². The van der Waals surface area contributed by atoms with Crippen LogP contribution in [0.25, 0.3) is 10.2 Å². The van der Waals surface area contributed by atoms with E-state index in [9.17, 15) is 14.4 Å². The van der Waals surface area contributed by atoms with Gasteiger partial charge in [0.2, 0.25) is 5.91 Å². The molecule has 4 aliphatic rings. The van der Waals surface area contributed by atoms with Crippen LogP contribution in [-0.2, 0) is 23.3 Å². The van der Waals surface area contributed by atoms with Crippen molar-refractivity contribution in [1.29, 1.82) is 0 Å². The first-order valence-electron chi connectivity index (χ1n) is 12.9. The van der Waals surface area contributed by atoms with E-state index in [0.29, 0.717) is 17.2 Å². The predicted molar refractivity (Wildman–Crippen MR) is 137 cm³/mol. The second-order valence-electron chi connectivity index (χ2n) is 10.6. The molecule has 0 unspecified atom stereocenters. The fraction of sp³-hybridized carbons (Fsp3) is 0.500. The van der Waals surface area contributed by atoms with Gasteiger partial charge in [-0.05, 0) is 75.5 Å². The Hall–Kier alpha value is -3.27. The number of fused-ring (bicyclic) bond motifs is 5. The first-order valence-corrected chi connectivity index (χ1v) is 13.7. The zero-order valence-electron chi connectivity index (χ0n) is 20.2. The van der Waals surface area contributed by atoms with Crippen LogP contribution in [0.1, 0.15) is 65.0 Å². The van der Waals surface area contributed by atoms with Gasteiger partial charge < -0.3 is 15.5 Å². The highest BCUT2D eigenvalue weighted by molar-refractivity contribution is 7.19. The summed E-state index contributed by atoms with van der Waals surface area (Å²) in [6, 6.07) is 1.76. The lowest BCUT2D eigenvalue weighted by molar-refractivity contribution is -0.139. The Morgan fingerprint density at radius 2 is 2.00 bits per heavy atom. The molecule has 0 bridgehead atoms. The maximum absolute atomic E-state index is 13.7. The van der Waals surface area contributed by atoms with E-state index in [1.807, 2.05) is 11.8 Å². The Morgan fingerprint density at radius 1 is 1.19 bits per heavy atom. The van der Waals surface area contributed by atoms with E-state index >= 15 is 0 Å². The molecular weight excluding hydrogens is 476 g/mol. The zero-order chi connectivity index (χ0) is 24.6. The topological polar surface area (TPSA) is 109 Å². The molecule has 9 nitrogen and oxygen atoms in total. The van der Waals surface area contributed by atoms with Crippen LogP contribution in [0.3, 0.4) is 0 Å². The third-order valence-electron chi connectivity index (χ3n) is 8.43. The number of rotatable bonds is 3. The number of thiophene rings is 1. The van der Waals surface area contributed by atoms with E-state index in [2.05, 4.69) is 20.6 Å². The number of anilines is 2. The molecule has 0 radical (unpaired) electrons. The molecular formula is C26H28N6O3S. The standard InChI is InChI=1S/C26H28N6O3S/c1-14-11-17(25(35)32-20(14)22(33)30-26(32)7-2-3-8-26)29-21-19-16-6-5-15(24(34)31-9-4-10-31)12-18(16)36-23(19)28-13-27-21/h11,13,15H,2-10,12H2,1H3,(H,30,33)(H,27,28,29)/t15-/m0/s1. The van der Waals surface area contributed by atoms with Crippen molar-refractivity contribution < 1.29 is 9.59 Å². The number of amides is 2. The molecule has 0 aromatic carbocycles. The van der Waals surface area contributed by atoms with Gasteiger partial charge >= 0.3 is 0 Å². The summed E-state index contributed by atoms with van der Waals surface area (Å²) in [5.74, 6) is 0.753. The quantitative estimate of drug-likeness (QED) is 0.567. The number of likely N-dealkylation sites (tertiary alicyclic amines) is 1. The summed E-state index contributed by atoms with van der Waals surface area (Å²) in [5, 5.41) is 7.37. The first kappa shape index (κ1) is 22.0. The van der Waals surface area contributed by atoms with Crippen molar-refractivity contribution in [3.05, 3.63) is 44.4 Å². The molecule has 7 rings (SSSR count). The van der Waals surface area contributed by atoms with Crippen LogP contribution < -0.4 is 16.2 Å². The van der Waals surface area contributed by atoms with Crippen LogP contribution in [0.15, 0.2) is 17.2 Å². The second-order valence-corrected chi connectivity index (χ2v) is 11.7. The number of hydrogen-bond acceptors (Lipinski definition) is 7. The van der Waals surface area contributed by atoms with Crippen molar-refractivity contribution in [2.75, 3.05) is 18.4 Å². The van der Waals surface area contributed by atoms with Crippen molar-refractivity contribution in [3.8, 4) is 0 Å². The lowest BCUT2D eigenvalue weighted by Gasteiger charge is -2.35. The van der Waals surface area contributed by atoms with Gasteiger partial charge in [-0.3, -0.25) is 19.0 Å². The van der Waals surface area contributed by atoms with E-state index in [0.717, 1.165) is 80.2 Å². The Bertz CT molecular complexity index is 1500. The molecule has 1 saturated heterocycles. The van der Waals surface area contributed by atoms with Crippen LogP contribution in [0.4, 0.5) is 11.5 Å². The highest BCUT2D eigenvalue weighted by atomic mass is 32.1. The number of carbonyl (C=O) groups is 2. The van der Waals surface area contributed by atoms with Gasteiger partial charge in [-0.25, -0.2) is 9.97 Å². The van der Waals surface area contributed by atoms with Crippen LogP contribution in [0.2, 0.25) is 0 Å². The molecule has 1 atom stereocenters. The Morgan fingerprint density at radius 3 is 2.75 bits per heavy atom. The minimum atomic E-state index is -0.619. The third-order valence-corrected chi connectivity index (χ3v) is 9.59. The first-order chi connectivity index (χ1) is 17.4. The molecule has 3 aromatic rings. The van der Waals surface area contributed by atoms with Crippen LogP contribution in [-0.4, -0.2) is 44.3 Å². The Kier molecular flexibility index (Phi) is 4.80. The van der Waals surface area contributed by atoms with Crippen molar-refractivity contribution >= 4 is 44.9 Å². The van der Waals surface area contributed by atoms with Crippen molar-refractivity contribution in [3.63, 3.8) is 0 Å². The van der Waals surface area contributed by atoms with Crippen molar-refractivity contribution in [1.82, 2.24) is 24.8 Å². The number of carbonyl (C=O) groups excluding carboxylic acids is 2. The Balaban J connectivity index is 1.27. The SMILES string of the molecule is Cc1cc(Nc2ncnc3sc4c(c23)CC[C@H](C(=O)N2CCC2)C4)c(=O)n2c1C(=O)NC21CCCC1. The van der Waals surface area contributed by atoms with Crippen molar-refractivity contribution in [2.45, 2.75) is 64.0 Å². The fourth-order valence-corrected chi connectivity index (χ4v) is 7.76. The van der Waals surface area contributed by atoms with Gasteiger partial charge in [0.05, 0.1) is 5.39 Å². The minimum Gasteiger partial charge on any atom is -0.342 e. The molecule has 2 aliphatic heterocycles. The van der Waals surface area contributed by atoms with E-state index in [1.54, 1.807) is 22.0 Å². The number of nitrogens with one attached hydrogen (secondary N) is 2. The molecule has 36 heavy (non-hydrogen) atoms. The van der Waals surface area contributed by atoms with Gasteiger partial charge in [0.1, 0.15) is 34.0 Å². The smallest absolute Gasteiger partial charge is 0.276 e. The van der Waals surface area contributed by atoms with Gasteiger partial charge in [-0.15, -0.1) is 11.3 Å². The summed E-state index contributed by atoms with van der Waals surface area (Å²) in [4.78, 5) is 52.4. The van der Waals surface area contributed by atoms with Crippen LogP contribution in [0.5, 0.6) is 0 Å². The molecule has 2 aliphatic carbocycles. The fourth-order valence-electron chi connectivity index (χ4n) is 6.50. The van der Waals surface area contributed by atoms with E-state index in [4.69, 9.17) is 0 Å². The number of aromatic nitrogens is 3. The number of hydrogen-bond donors (Lipinski definition) is 2. The number of nitrogens with zero attached hydrogens (tertiary/aromatic N) is 4. The largest absolute Gasteiger partial charge is 0.342 e. The molecule has 3 aromatic heterocycles. The second kappa shape index (κ2) is 7.86.